The number of aromatic nitrogens is 2. The van der Waals surface area contributed by atoms with Crippen LogP contribution in [0.1, 0.15) is 23.4 Å². The monoisotopic (exact) mass is 350 g/mol. The zero-order valence-corrected chi connectivity index (χ0v) is 13.6. The number of carbonyl (C=O) groups excluding carboxylic acids is 2. The summed E-state index contributed by atoms with van der Waals surface area (Å²) < 4.78 is 10.7. The van der Waals surface area contributed by atoms with Gasteiger partial charge in [-0.1, -0.05) is 24.3 Å². The van der Waals surface area contributed by atoms with Crippen LogP contribution in [0.5, 0.6) is 0 Å². The second kappa shape index (κ2) is 5.29. The summed E-state index contributed by atoms with van der Waals surface area (Å²) in [5.41, 5.74) is 0.959. The van der Waals surface area contributed by atoms with Gasteiger partial charge in [-0.25, -0.2) is 4.79 Å². The SMILES string of the molecule is O=C1N[C@]2(CCc3ccccc32)C(=O)N1Cc1nnc(-c2ccco2)o1. The van der Waals surface area contributed by atoms with Crippen LogP contribution in [0.4, 0.5) is 4.79 Å². The predicted octanol–water partition coefficient (Wildman–Crippen LogP) is 2.22. The highest BCUT2D eigenvalue weighted by Crippen LogP contribution is 2.41. The Morgan fingerprint density at radius 2 is 2.04 bits per heavy atom. The summed E-state index contributed by atoms with van der Waals surface area (Å²) in [7, 11) is 0. The first-order chi connectivity index (χ1) is 12.7. The predicted molar refractivity (Wildman–Crippen MR) is 87.5 cm³/mol. The van der Waals surface area contributed by atoms with Gasteiger partial charge in [-0.05, 0) is 36.1 Å². The van der Waals surface area contributed by atoms with E-state index in [2.05, 4.69) is 15.5 Å². The van der Waals surface area contributed by atoms with E-state index in [-0.39, 0.29) is 24.2 Å². The van der Waals surface area contributed by atoms with Gasteiger partial charge in [0.2, 0.25) is 5.89 Å². The number of aryl methyl sites for hydroxylation is 1. The molecule has 0 bridgehead atoms. The van der Waals surface area contributed by atoms with Gasteiger partial charge in [0.15, 0.2) is 5.76 Å². The first-order valence-corrected chi connectivity index (χ1v) is 8.26. The van der Waals surface area contributed by atoms with E-state index < -0.39 is 11.6 Å². The highest BCUT2D eigenvalue weighted by atomic mass is 16.4. The Hall–Kier alpha value is -3.42. The van der Waals surface area contributed by atoms with Crippen LogP contribution in [0, 0.1) is 0 Å². The molecule has 1 fully saturated rings. The number of nitrogens with zero attached hydrogens (tertiary/aromatic N) is 3. The third kappa shape index (κ3) is 2.01. The third-order valence-corrected chi connectivity index (χ3v) is 4.91. The van der Waals surface area contributed by atoms with E-state index in [4.69, 9.17) is 8.83 Å². The lowest BCUT2D eigenvalue weighted by atomic mass is 9.92. The number of benzene rings is 1. The topological polar surface area (TPSA) is 101 Å². The maximum absolute atomic E-state index is 13.1. The molecule has 5 rings (SSSR count). The van der Waals surface area contributed by atoms with Gasteiger partial charge in [0.1, 0.15) is 12.1 Å². The molecule has 1 atom stereocenters. The molecule has 3 aromatic rings. The van der Waals surface area contributed by atoms with Crippen LogP contribution in [0.2, 0.25) is 0 Å². The Balaban J connectivity index is 1.43. The smallest absolute Gasteiger partial charge is 0.325 e. The first kappa shape index (κ1) is 14.9. The van der Waals surface area contributed by atoms with Gasteiger partial charge < -0.3 is 14.2 Å². The zero-order chi connectivity index (χ0) is 17.7. The lowest BCUT2D eigenvalue weighted by Crippen LogP contribution is -2.41. The molecule has 1 aliphatic heterocycles. The molecule has 1 spiro atoms. The Kier molecular flexibility index (Phi) is 3.03. The number of carbonyl (C=O) groups is 2. The minimum absolute atomic E-state index is 0.0811. The zero-order valence-electron chi connectivity index (χ0n) is 13.6. The molecule has 0 unspecified atom stereocenters. The molecule has 1 saturated heterocycles. The quantitative estimate of drug-likeness (QED) is 0.727. The summed E-state index contributed by atoms with van der Waals surface area (Å²) in [6.45, 7) is -0.0811. The summed E-state index contributed by atoms with van der Waals surface area (Å²) in [6, 6.07) is 10.6. The van der Waals surface area contributed by atoms with Crippen LogP contribution in [0.3, 0.4) is 0 Å². The van der Waals surface area contributed by atoms with E-state index in [0.29, 0.717) is 12.2 Å². The van der Waals surface area contributed by atoms with Crippen LogP contribution in [0.25, 0.3) is 11.7 Å². The minimum atomic E-state index is -0.989. The second-order valence-corrected chi connectivity index (χ2v) is 6.36. The van der Waals surface area contributed by atoms with Crippen molar-refractivity contribution < 1.29 is 18.4 Å². The standard InChI is InChI=1S/C18H14N4O4/c23-16-18(8-7-11-4-1-2-5-12(11)18)19-17(24)22(16)10-14-20-21-15(26-14)13-6-3-9-25-13/h1-6,9H,7-8,10H2,(H,19,24)/t18-/m0/s1. The maximum Gasteiger partial charge on any atom is 0.325 e. The Morgan fingerprint density at radius 3 is 2.88 bits per heavy atom. The molecule has 0 radical (unpaired) electrons. The molecule has 130 valence electrons. The van der Waals surface area contributed by atoms with Crippen molar-refractivity contribution in [2.45, 2.75) is 24.9 Å². The molecule has 3 amide bonds. The molecule has 2 aromatic heterocycles. The average molecular weight is 350 g/mol. The summed E-state index contributed by atoms with van der Waals surface area (Å²) in [4.78, 5) is 26.7. The highest BCUT2D eigenvalue weighted by Gasteiger charge is 2.55. The second-order valence-electron chi connectivity index (χ2n) is 6.36. The van der Waals surface area contributed by atoms with E-state index in [1.807, 2.05) is 24.3 Å². The van der Waals surface area contributed by atoms with Crippen molar-refractivity contribution in [3.63, 3.8) is 0 Å². The van der Waals surface area contributed by atoms with E-state index in [1.165, 1.54) is 6.26 Å². The molecule has 1 aromatic carbocycles. The number of fused-ring (bicyclic) bond motifs is 2. The van der Waals surface area contributed by atoms with Gasteiger partial charge in [-0.2, -0.15) is 0 Å². The van der Waals surface area contributed by atoms with Crippen molar-refractivity contribution in [1.82, 2.24) is 20.4 Å². The van der Waals surface area contributed by atoms with Crippen LogP contribution in [0.15, 0.2) is 51.5 Å². The number of amides is 3. The molecule has 8 heteroatoms. The average Bonchev–Trinajstić information content (AvgIpc) is 3.41. The molecule has 26 heavy (non-hydrogen) atoms. The largest absolute Gasteiger partial charge is 0.459 e. The number of imide groups is 1. The number of rotatable bonds is 3. The van der Waals surface area contributed by atoms with Crippen molar-refractivity contribution in [3.8, 4) is 11.7 Å². The summed E-state index contributed by atoms with van der Waals surface area (Å²) in [5, 5.41) is 10.7. The Labute approximate surface area is 147 Å². The van der Waals surface area contributed by atoms with Gasteiger partial charge in [-0.3, -0.25) is 9.69 Å². The Morgan fingerprint density at radius 1 is 1.15 bits per heavy atom. The number of hydrogen-bond donors (Lipinski definition) is 1. The summed E-state index contributed by atoms with van der Waals surface area (Å²) in [5.74, 6) is 0.522. The number of furan rings is 1. The fourth-order valence-corrected chi connectivity index (χ4v) is 3.69. The Bertz CT molecular complexity index is 1010. The van der Waals surface area contributed by atoms with Crippen molar-refractivity contribution in [2.75, 3.05) is 0 Å². The van der Waals surface area contributed by atoms with Gasteiger partial charge in [0.25, 0.3) is 11.8 Å². The molecule has 1 N–H and O–H groups in total. The lowest BCUT2D eigenvalue weighted by Gasteiger charge is -2.21. The van der Waals surface area contributed by atoms with Crippen LogP contribution in [-0.4, -0.2) is 27.0 Å². The molecule has 0 saturated carbocycles. The van der Waals surface area contributed by atoms with Crippen molar-refractivity contribution in [2.24, 2.45) is 0 Å². The maximum atomic E-state index is 13.1. The fourth-order valence-electron chi connectivity index (χ4n) is 3.69. The van der Waals surface area contributed by atoms with Crippen molar-refractivity contribution in [3.05, 3.63) is 59.7 Å². The molecule has 1 aliphatic carbocycles. The third-order valence-electron chi connectivity index (χ3n) is 4.91. The van der Waals surface area contributed by atoms with Gasteiger partial charge in [0.05, 0.1) is 6.26 Å². The van der Waals surface area contributed by atoms with Crippen molar-refractivity contribution >= 4 is 11.9 Å². The normalized spacial score (nSPS) is 21.5. The first-order valence-electron chi connectivity index (χ1n) is 8.26. The van der Waals surface area contributed by atoms with Crippen LogP contribution >= 0.6 is 0 Å². The van der Waals surface area contributed by atoms with Gasteiger partial charge >= 0.3 is 6.03 Å². The van der Waals surface area contributed by atoms with E-state index in [1.54, 1.807) is 12.1 Å². The van der Waals surface area contributed by atoms with Gasteiger partial charge in [-0.15, -0.1) is 10.2 Å². The number of hydrogen-bond acceptors (Lipinski definition) is 6. The van der Waals surface area contributed by atoms with E-state index >= 15 is 0 Å². The molecule has 8 nitrogen and oxygen atoms in total. The fraction of sp³-hybridized carbons (Fsp3) is 0.222. The van der Waals surface area contributed by atoms with E-state index in [0.717, 1.165) is 22.4 Å². The summed E-state index contributed by atoms with van der Waals surface area (Å²) in [6.07, 6.45) is 2.80. The molecule has 2 aliphatic rings. The molecular formula is C18H14N4O4. The number of nitrogens with one attached hydrogen (secondary N) is 1. The van der Waals surface area contributed by atoms with Crippen LogP contribution in [-0.2, 0) is 23.3 Å². The number of urea groups is 1. The van der Waals surface area contributed by atoms with Crippen molar-refractivity contribution in [1.29, 1.82) is 0 Å². The summed E-state index contributed by atoms with van der Waals surface area (Å²) >= 11 is 0. The molecular weight excluding hydrogens is 336 g/mol. The highest BCUT2D eigenvalue weighted by molar-refractivity contribution is 6.07. The van der Waals surface area contributed by atoms with Crippen LogP contribution < -0.4 is 5.32 Å². The molecule has 3 heterocycles. The minimum Gasteiger partial charge on any atom is -0.459 e. The van der Waals surface area contributed by atoms with E-state index in [9.17, 15) is 9.59 Å². The van der Waals surface area contributed by atoms with Gasteiger partial charge in [0, 0.05) is 0 Å². The lowest BCUT2D eigenvalue weighted by molar-refractivity contribution is -0.132.